The third kappa shape index (κ3) is 15.7. The van der Waals surface area contributed by atoms with Gasteiger partial charge in [-0.05, 0) is 45.1 Å². The lowest BCUT2D eigenvalue weighted by atomic mass is 9.90. The Labute approximate surface area is 260 Å². The van der Waals surface area contributed by atoms with E-state index in [-0.39, 0.29) is 32.1 Å². The van der Waals surface area contributed by atoms with Crippen molar-refractivity contribution in [3.05, 3.63) is 60.3 Å². The first-order chi connectivity index (χ1) is 20.8. The van der Waals surface area contributed by atoms with Gasteiger partial charge in [-0.2, -0.15) is 0 Å². The van der Waals surface area contributed by atoms with Crippen LogP contribution in [0.4, 0.5) is 0 Å². The van der Waals surface area contributed by atoms with E-state index < -0.39 is 72.9 Å². The average molecular weight is 627 g/mol. The molecule has 0 fully saturated rings. The Morgan fingerprint density at radius 1 is 0.705 bits per heavy atom. The molecule has 1 rings (SSSR count). The summed E-state index contributed by atoms with van der Waals surface area (Å²) in [6.45, 7) is 5.03. The lowest BCUT2D eigenvalue weighted by Gasteiger charge is -2.27. The Morgan fingerprint density at radius 3 is 1.73 bits per heavy atom. The number of ether oxygens (including phenoxy) is 1. The van der Waals surface area contributed by atoms with E-state index in [0.717, 1.165) is 6.42 Å². The van der Waals surface area contributed by atoms with Gasteiger partial charge in [0.1, 0.15) is 24.4 Å². The maximum absolute atomic E-state index is 12.9. The summed E-state index contributed by atoms with van der Waals surface area (Å²) < 4.78 is 5.44. The zero-order chi connectivity index (χ0) is 33.2. The van der Waals surface area contributed by atoms with E-state index in [1.165, 1.54) is 13.0 Å². The highest BCUT2D eigenvalue weighted by molar-refractivity contribution is 5.73. The molecule has 44 heavy (non-hydrogen) atoms. The molecule has 1 heterocycles. The summed E-state index contributed by atoms with van der Waals surface area (Å²) in [6.07, 6.45) is 2.50. The van der Waals surface area contributed by atoms with Crippen LogP contribution < -0.4 is 0 Å². The van der Waals surface area contributed by atoms with Gasteiger partial charge in [-0.25, -0.2) is 0 Å². The quantitative estimate of drug-likeness (QED) is 0.203. The monoisotopic (exact) mass is 626 g/mol. The number of carbonyl (C=O) groups excluding carboxylic acids is 1. The second-order valence-electron chi connectivity index (χ2n) is 11.7. The molecule has 0 radical (unpaired) electrons. The molecule has 0 aromatic heterocycles. The van der Waals surface area contributed by atoms with Crippen molar-refractivity contribution in [1.82, 2.24) is 0 Å². The summed E-state index contributed by atoms with van der Waals surface area (Å²) in [4.78, 5) is 12.9. The second-order valence-corrected chi connectivity index (χ2v) is 11.7. The first-order valence-corrected chi connectivity index (χ1v) is 15.4. The van der Waals surface area contributed by atoms with Crippen LogP contribution in [0.3, 0.4) is 0 Å². The van der Waals surface area contributed by atoms with E-state index >= 15 is 0 Å². The summed E-state index contributed by atoms with van der Waals surface area (Å²) in [7, 11) is 0. The van der Waals surface area contributed by atoms with Crippen LogP contribution in [0.1, 0.15) is 72.1 Å². The molecule has 0 amide bonds. The fraction of sp³-hybridized carbons (Fsp3) is 0.667. The molecular formula is C33H54O11. The molecule has 252 valence electrons. The number of unbranched alkanes of at least 4 members (excludes halogenated alkanes) is 1. The zero-order valence-corrected chi connectivity index (χ0v) is 26.0. The van der Waals surface area contributed by atoms with Gasteiger partial charge in [0.2, 0.25) is 0 Å². The molecule has 1 aliphatic rings. The Bertz CT molecular complexity index is 959. The van der Waals surface area contributed by atoms with Gasteiger partial charge < -0.3 is 50.7 Å². The smallest absolute Gasteiger partial charge is 0.311 e. The van der Waals surface area contributed by atoms with Crippen molar-refractivity contribution in [1.29, 1.82) is 0 Å². The number of esters is 1. The predicted molar refractivity (Wildman–Crippen MR) is 166 cm³/mol. The van der Waals surface area contributed by atoms with E-state index in [1.54, 1.807) is 55.5 Å². The molecule has 0 saturated carbocycles. The van der Waals surface area contributed by atoms with Crippen LogP contribution in [0.2, 0.25) is 0 Å². The van der Waals surface area contributed by atoms with Gasteiger partial charge in [-0.15, -0.1) is 0 Å². The van der Waals surface area contributed by atoms with Gasteiger partial charge >= 0.3 is 5.97 Å². The molecule has 11 atom stereocenters. The minimum atomic E-state index is -1.59. The molecule has 0 aromatic rings. The van der Waals surface area contributed by atoms with Crippen molar-refractivity contribution in [2.24, 2.45) is 5.92 Å². The first kappa shape index (κ1) is 39.8. The highest BCUT2D eigenvalue weighted by atomic mass is 16.6. The first-order valence-electron chi connectivity index (χ1n) is 15.4. The molecule has 0 aliphatic carbocycles. The van der Waals surface area contributed by atoms with Crippen molar-refractivity contribution < 1.29 is 55.5 Å². The molecule has 0 spiro atoms. The highest BCUT2D eigenvalue weighted by Gasteiger charge is 2.32. The minimum Gasteiger partial charge on any atom is -0.459 e. The topological polar surface area (TPSA) is 208 Å². The molecule has 9 N–H and O–H groups in total. The number of allylic oxidation sites excluding steroid dienone is 8. The van der Waals surface area contributed by atoms with Gasteiger partial charge in [0.25, 0.3) is 0 Å². The fourth-order valence-corrected chi connectivity index (χ4v) is 4.86. The van der Waals surface area contributed by atoms with Crippen molar-refractivity contribution in [2.45, 2.75) is 133 Å². The number of hydrogen-bond acceptors (Lipinski definition) is 11. The maximum Gasteiger partial charge on any atom is 0.311 e. The van der Waals surface area contributed by atoms with Crippen molar-refractivity contribution >= 4 is 5.97 Å². The number of aliphatic hydroxyl groups is 9. The lowest BCUT2D eigenvalue weighted by Crippen LogP contribution is -2.40. The highest BCUT2D eigenvalue weighted by Crippen LogP contribution is 2.23. The van der Waals surface area contributed by atoms with Crippen LogP contribution in [0.25, 0.3) is 0 Å². The summed E-state index contributed by atoms with van der Waals surface area (Å²) >= 11 is 0. The number of aliphatic hydroxyl groups excluding tert-OH is 9. The summed E-state index contributed by atoms with van der Waals surface area (Å²) in [5, 5.41) is 93.9. The average Bonchev–Trinajstić information content (AvgIpc) is 2.94. The van der Waals surface area contributed by atoms with E-state index in [0.29, 0.717) is 18.4 Å². The van der Waals surface area contributed by atoms with Crippen LogP contribution in [-0.2, 0) is 9.53 Å². The van der Waals surface area contributed by atoms with Gasteiger partial charge in [0.15, 0.2) is 0 Å². The Kier molecular flexibility index (Phi) is 19.5. The number of carbonyl (C=O) groups is 1. The molecule has 11 heteroatoms. The van der Waals surface area contributed by atoms with Crippen LogP contribution in [0.5, 0.6) is 0 Å². The molecule has 1 aliphatic heterocycles. The Balaban J connectivity index is 3.11. The largest absolute Gasteiger partial charge is 0.459 e. The van der Waals surface area contributed by atoms with Gasteiger partial charge in [-0.1, -0.05) is 74.4 Å². The minimum absolute atomic E-state index is 0.212. The van der Waals surface area contributed by atoms with Crippen LogP contribution >= 0.6 is 0 Å². The standard InChI is InChI=1S/C33H54O11/c1-4-5-14-27-29(39)19-25(36)17-23(34)16-24(35)18-26(37)20-30(40)32(42)31(41)21(2)13-11-9-7-6-8-10-12-15-28(38)22(3)44-33(27)43/h6-13,15,22-32,34-42H,4-5,14,16-20H2,1-3H3. The predicted octanol–water partition coefficient (Wildman–Crippen LogP) is 1.11. The Hall–Kier alpha value is -2.19. The fourth-order valence-electron chi connectivity index (χ4n) is 4.86. The van der Waals surface area contributed by atoms with E-state index in [4.69, 9.17) is 4.74 Å². The van der Waals surface area contributed by atoms with Gasteiger partial charge in [0, 0.05) is 12.8 Å². The summed E-state index contributed by atoms with van der Waals surface area (Å²) in [5.74, 6) is -1.66. The van der Waals surface area contributed by atoms with Crippen molar-refractivity contribution in [3.63, 3.8) is 0 Å². The summed E-state index contributed by atoms with van der Waals surface area (Å²) in [6, 6.07) is 0. The number of rotatable bonds is 3. The van der Waals surface area contributed by atoms with E-state index in [1.807, 2.05) is 6.92 Å². The third-order valence-corrected chi connectivity index (χ3v) is 7.60. The molecule has 0 saturated heterocycles. The van der Waals surface area contributed by atoms with E-state index in [9.17, 15) is 50.8 Å². The molecule has 0 aromatic carbocycles. The number of hydrogen-bond donors (Lipinski definition) is 9. The Morgan fingerprint density at radius 2 is 1.18 bits per heavy atom. The van der Waals surface area contributed by atoms with Crippen molar-refractivity contribution in [2.75, 3.05) is 0 Å². The van der Waals surface area contributed by atoms with Gasteiger partial charge in [0.05, 0.1) is 42.5 Å². The molecule has 11 nitrogen and oxygen atoms in total. The van der Waals surface area contributed by atoms with E-state index in [2.05, 4.69) is 0 Å². The molecular weight excluding hydrogens is 572 g/mol. The SMILES string of the molecule is CCCCC1C(=O)OC(C)C(O)C=CC=CC=CC=CC=C(C)C(O)C(O)C(O)CC(O)CC(O)CC(O)CC(O)CC1O. The van der Waals surface area contributed by atoms with Crippen LogP contribution in [0, 0.1) is 5.92 Å². The zero-order valence-electron chi connectivity index (χ0n) is 26.0. The molecule has 11 unspecified atom stereocenters. The third-order valence-electron chi connectivity index (χ3n) is 7.60. The van der Waals surface area contributed by atoms with Gasteiger partial charge in [-0.3, -0.25) is 4.79 Å². The number of cyclic esters (lactones) is 1. The molecule has 0 bridgehead atoms. The van der Waals surface area contributed by atoms with Crippen LogP contribution in [0.15, 0.2) is 60.3 Å². The maximum atomic E-state index is 12.9. The second kappa shape index (κ2) is 21.5. The van der Waals surface area contributed by atoms with Crippen LogP contribution in [-0.4, -0.2) is 113 Å². The normalized spacial score (nSPS) is 36.7. The van der Waals surface area contributed by atoms with Crippen molar-refractivity contribution in [3.8, 4) is 0 Å². The summed E-state index contributed by atoms with van der Waals surface area (Å²) in [5.41, 5.74) is 0.370. The lowest BCUT2D eigenvalue weighted by molar-refractivity contribution is -0.162.